The van der Waals surface area contributed by atoms with E-state index in [4.69, 9.17) is 11.5 Å². The van der Waals surface area contributed by atoms with E-state index in [0.29, 0.717) is 16.7 Å². The number of rotatable bonds is 15. The molecule has 0 aliphatic rings. The first kappa shape index (κ1) is 33.1. The Morgan fingerprint density at radius 3 is 1.55 bits per heavy atom. The Morgan fingerprint density at radius 1 is 0.591 bits per heavy atom. The first-order valence-corrected chi connectivity index (χ1v) is 13.7. The zero-order valence-corrected chi connectivity index (χ0v) is 23.7. The first-order valence-electron chi connectivity index (χ1n) is 13.7. The molecule has 13 heteroatoms. The highest BCUT2D eigenvalue weighted by atomic mass is 16.4. The van der Waals surface area contributed by atoms with Gasteiger partial charge in [-0.25, -0.2) is 4.79 Å². The Morgan fingerprint density at radius 2 is 1.02 bits per heavy atom. The van der Waals surface area contributed by atoms with Gasteiger partial charge in [0, 0.05) is 12.8 Å². The lowest BCUT2D eigenvalue weighted by atomic mass is 10.0. The molecule has 0 radical (unpaired) electrons. The van der Waals surface area contributed by atoms with Gasteiger partial charge in [-0.1, -0.05) is 54.6 Å². The maximum absolute atomic E-state index is 13.4. The van der Waals surface area contributed by atoms with E-state index >= 15 is 0 Å². The summed E-state index contributed by atoms with van der Waals surface area (Å²) in [4.78, 5) is 63.4. The van der Waals surface area contributed by atoms with E-state index in [1.807, 2.05) is 0 Å². The molecule has 13 nitrogen and oxygen atoms in total. The predicted octanol–water partition coefficient (Wildman–Crippen LogP) is -0.133. The minimum absolute atomic E-state index is 0.00536. The normalized spacial score (nSPS) is 13.5. The van der Waals surface area contributed by atoms with Gasteiger partial charge in [0.1, 0.15) is 29.6 Å². The first-order chi connectivity index (χ1) is 20.9. The lowest BCUT2D eigenvalue weighted by Gasteiger charge is -2.25. The number of phenols is 2. The number of amides is 4. The quantitative estimate of drug-likeness (QED) is 0.115. The maximum Gasteiger partial charge on any atom is 0.326 e. The molecule has 0 fully saturated rings. The van der Waals surface area contributed by atoms with Gasteiger partial charge in [0.25, 0.3) is 0 Å². The lowest BCUT2D eigenvalue weighted by molar-refractivity contribution is -0.142. The van der Waals surface area contributed by atoms with E-state index in [2.05, 4.69) is 16.0 Å². The van der Waals surface area contributed by atoms with Crippen LogP contribution in [0.2, 0.25) is 0 Å². The molecule has 0 aliphatic carbocycles. The molecule has 3 rings (SSSR count). The van der Waals surface area contributed by atoms with Crippen molar-refractivity contribution in [3.63, 3.8) is 0 Å². The Balaban J connectivity index is 1.76. The number of carboxylic acid groups (broad SMARTS) is 1. The summed E-state index contributed by atoms with van der Waals surface area (Å²) in [5.74, 6) is -4.68. The van der Waals surface area contributed by atoms with Crippen molar-refractivity contribution in [1.82, 2.24) is 16.0 Å². The third-order valence-electron chi connectivity index (χ3n) is 6.67. The number of hydrogen-bond donors (Lipinski definition) is 8. The van der Waals surface area contributed by atoms with Crippen molar-refractivity contribution in [3.05, 3.63) is 95.6 Å². The van der Waals surface area contributed by atoms with Crippen LogP contribution in [0.1, 0.15) is 23.1 Å². The van der Waals surface area contributed by atoms with Gasteiger partial charge in [-0.15, -0.1) is 0 Å². The van der Waals surface area contributed by atoms with Gasteiger partial charge < -0.3 is 42.7 Å². The largest absolute Gasteiger partial charge is 0.508 e. The monoisotopic (exact) mass is 605 g/mol. The van der Waals surface area contributed by atoms with E-state index in [1.54, 1.807) is 42.5 Å². The third kappa shape index (κ3) is 10.4. The summed E-state index contributed by atoms with van der Waals surface area (Å²) in [6.45, 7) is 0. The minimum atomic E-state index is -1.48. The number of phenolic OH excluding ortho intramolecular Hbond substituents is 2. The molecule has 4 amide bonds. The fourth-order valence-electron chi connectivity index (χ4n) is 4.34. The number of carbonyl (C=O) groups excluding carboxylic acids is 4. The molecule has 0 saturated carbocycles. The average molecular weight is 606 g/mol. The van der Waals surface area contributed by atoms with Crippen LogP contribution in [-0.2, 0) is 43.2 Å². The molecular formula is C31H35N5O8. The molecule has 0 aliphatic heterocycles. The van der Waals surface area contributed by atoms with Gasteiger partial charge in [-0.05, 0) is 47.4 Å². The molecular weight excluding hydrogens is 570 g/mol. The van der Waals surface area contributed by atoms with Gasteiger partial charge in [0.05, 0.1) is 12.5 Å². The Labute approximate surface area is 253 Å². The second-order valence-electron chi connectivity index (χ2n) is 10.2. The van der Waals surface area contributed by atoms with Crippen LogP contribution in [-0.4, -0.2) is 69.1 Å². The van der Waals surface area contributed by atoms with E-state index in [1.165, 1.54) is 36.4 Å². The van der Waals surface area contributed by atoms with Gasteiger partial charge in [-0.3, -0.25) is 19.2 Å². The van der Waals surface area contributed by atoms with Crippen LogP contribution in [0.4, 0.5) is 0 Å². The molecule has 4 unspecified atom stereocenters. The molecule has 0 spiro atoms. The highest BCUT2D eigenvalue weighted by Crippen LogP contribution is 2.13. The predicted molar refractivity (Wildman–Crippen MR) is 159 cm³/mol. The van der Waals surface area contributed by atoms with Gasteiger partial charge in [-0.2, -0.15) is 0 Å². The molecule has 4 atom stereocenters. The lowest BCUT2D eigenvalue weighted by Crippen LogP contribution is -2.58. The van der Waals surface area contributed by atoms with Gasteiger partial charge >= 0.3 is 5.97 Å². The fraction of sp³-hybridized carbons (Fsp3) is 0.258. The molecule has 10 N–H and O–H groups in total. The van der Waals surface area contributed by atoms with E-state index in [0.717, 1.165) is 0 Å². The molecule has 232 valence electrons. The van der Waals surface area contributed by atoms with Crippen LogP contribution in [0.3, 0.4) is 0 Å². The standard InChI is InChI=1S/C31H35N5O8/c32-23(14-19-6-10-21(37)11-7-19)28(40)34-25(17-27(33)39)30(42)35-24(15-18-4-2-1-3-5-18)29(41)36-26(31(43)44)16-20-8-12-22(38)13-9-20/h1-13,23-26,37-38H,14-17,32H2,(H2,33,39)(H,34,40)(H,35,42)(H,36,41)(H,43,44). The zero-order chi connectivity index (χ0) is 32.2. The Bertz CT molecular complexity index is 1450. The van der Waals surface area contributed by atoms with Crippen LogP contribution in [0.15, 0.2) is 78.9 Å². The van der Waals surface area contributed by atoms with Crippen LogP contribution in [0.25, 0.3) is 0 Å². The third-order valence-corrected chi connectivity index (χ3v) is 6.67. The summed E-state index contributed by atoms with van der Waals surface area (Å²) in [6, 6.07) is 15.2. The van der Waals surface area contributed by atoms with E-state index in [-0.39, 0.29) is 30.8 Å². The van der Waals surface area contributed by atoms with Crippen molar-refractivity contribution in [2.24, 2.45) is 11.5 Å². The SMILES string of the molecule is NC(=O)CC(NC(=O)C(N)Cc1ccc(O)cc1)C(=O)NC(Cc1ccccc1)C(=O)NC(Cc1ccc(O)cc1)C(=O)O. The van der Waals surface area contributed by atoms with E-state index < -0.39 is 60.2 Å². The Kier molecular flexibility index (Phi) is 11.8. The zero-order valence-electron chi connectivity index (χ0n) is 23.7. The summed E-state index contributed by atoms with van der Waals surface area (Å²) in [7, 11) is 0. The number of nitrogens with one attached hydrogen (secondary N) is 3. The summed E-state index contributed by atoms with van der Waals surface area (Å²) >= 11 is 0. The number of benzene rings is 3. The molecule has 3 aromatic carbocycles. The number of hydrogen-bond acceptors (Lipinski definition) is 8. The minimum Gasteiger partial charge on any atom is -0.508 e. The molecule has 0 heterocycles. The van der Waals surface area contributed by atoms with Crippen molar-refractivity contribution in [1.29, 1.82) is 0 Å². The fourth-order valence-corrected chi connectivity index (χ4v) is 4.34. The maximum atomic E-state index is 13.4. The van der Waals surface area contributed by atoms with Crippen LogP contribution in [0, 0.1) is 0 Å². The van der Waals surface area contributed by atoms with Crippen molar-refractivity contribution in [2.45, 2.75) is 49.9 Å². The second-order valence-corrected chi connectivity index (χ2v) is 10.2. The van der Waals surface area contributed by atoms with Crippen molar-refractivity contribution in [2.75, 3.05) is 0 Å². The Hall–Kier alpha value is -5.43. The number of aliphatic carboxylic acids is 1. The van der Waals surface area contributed by atoms with E-state index in [9.17, 15) is 39.3 Å². The molecule has 44 heavy (non-hydrogen) atoms. The summed E-state index contributed by atoms with van der Waals surface area (Å²) in [5.41, 5.74) is 13.2. The summed E-state index contributed by atoms with van der Waals surface area (Å²) in [5, 5.41) is 36.1. The molecule has 0 bridgehead atoms. The van der Waals surface area contributed by atoms with Crippen LogP contribution >= 0.6 is 0 Å². The number of aromatic hydroxyl groups is 2. The van der Waals surface area contributed by atoms with Gasteiger partial charge in [0.2, 0.25) is 23.6 Å². The second kappa shape index (κ2) is 15.7. The highest BCUT2D eigenvalue weighted by molar-refractivity contribution is 5.96. The molecule has 3 aromatic rings. The average Bonchev–Trinajstić information content (AvgIpc) is 2.98. The highest BCUT2D eigenvalue weighted by Gasteiger charge is 2.31. The molecule has 0 saturated heterocycles. The van der Waals surface area contributed by atoms with Gasteiger partial charge in [0.15, 0.2) is 0 Å². The topological polar surface area (TPSA) is 234 Å². The number of carboxylic acids is 1. The summed E-state index contributed by atoms with van der Waals surface area (Å²) in [6.07, 6.45) is -0.677. The van der Waals surface area contributed by atoms with Crippen molar-refractivity contribution < 1.29 is 39.3 Å². The summed E-state index contributed by atoms with van der Waals surface area (Å²) < 4.78 is 0. The number of carbonyl (C=O) groups is 5. The van der Waals surface area contributed by atoms with Crippen molar-refractivity contribution >= 4 is 29.6 Å². The van der Waals surface area contributed by atoms with Crippen molar-refractivity contribution in [3.8, 4) is 11.5 Å². The molecule has 0 aromatic heterocycles. The number of nitrogens with two attached hydrogens (primary N) is 2. The van der Waals surface area contributed by atoms with Crippen LogP contribution < -0.4 is 27.4 Å². The van der Waals surface area contributed by atoms with Crippen LogP contribution in [0.5, 0.6) is 11.5 Å². The number of primary amides is 1. The smallest absolute Gasteiger partial charge is 0.326 e.